The number of unbranched alkanes of at least 4 members (excludes halogenated alkanes) is 1. The van der Waals surface area contributed by atoms with Gasteiger partial charge in [0, 0.05) is 5.69 Å². The zero-order chi connectivity index (χ0) is 26.9. The van der Waals surface area contributed by atoms with E-state index in [2.05, 4.69) is 17.4 Å². The molecule has 204 valence electrons. The Morgan fingerprint density at radius 1 is 0.947 bits per heavy atom. The predicted octanol–water partition coefficient (Wildman–Crippen LogP) is 5.52. The number of benzene rings is 2. The van der Waals surface area contributed by atoms with E-state index < -0.39 is 21.9 Å². The highest BCUT2D eigenvalue weighted by atomic mass is 32.2. The Morgan fingerprint density at radius 3 is 2.05 bits per heavy atom. The van der Waals surface area contributed by atoms with Crippen LogP contribution in [0.4, 0.5) is 11.4 Å². The lowest BCUT2D eigenvalue weighted by Crippen LogP contribution is -2.48. The number of anilines is 2. The van der Waals surface area contributed by atoms with E-state index in [1.165, 1.54) is 44.1 Å². The van der Waals surface area contributed by atoms with E-state index in [0.717, 1.165) is 41.2 Å². The van der Waals surface area contributed by atoms with Crippen LogP contribution in [0.5, 0.6) is 0 Å². The molecule has 0 aliphatic heterocycles. The summed E-state index contributed by atoms with van der Waals surface area (Å²) in [6.07, 6.45) is 10.7. The van der Waals surface area contributed by atoms with Gasteiger partial charge in [-0.05, 0) is 110 Å². The molecular weight excluding hydrogens is 500 g/mol. The van der Waals surface area contributed by atoms with Crippen LogP contribution in [0.25, 0.3) is 0 Å². The van der Waals surface area contributed by atoms with E-state index in [1.807, 2.05) is 19.1 Å². The van der Waals surface area contributed by atoms with Crippen molar-refractivity contribution in [3.63, 3.8) is 0 Å². The number of hydrogen-bond donors (Lipinski definition) is 1. The van der Waals surface area contributed by atoms with Crippen LogP contribution >= 0.6 is 0 Å². The molecule has 4 saturated carbocycles. The summed E-state index contributed by atoms with van der Waals surface area (Å²) in [6, 6.07) is 14.2. The van der Waals surface area contributed by atoms with Crippen molar-refractivity contribution in [2.45, 2.75) is 63.7 Å². The Bertz CT molecular complexity index is 1240. The van der Waals surface area contributed by atoms with Gasteiger partial charge in [-0.3, -0.25) is 9.10 Å². The first-order chi connectivity index (χ1) is 18.1. The molecule has 4 aliphatic rings. The van der Waals surface area contributed by atoms with E-state index in [9.17, 15) is 18.0 Å². The minimum Gasteiger partial charge on any atom is -0.462 e. The first kappa shape index (κ1) is 26.7. The van der Waals surface area contributed by atoms with Crippen LogP contribution in [-0.4, -0.2) is 39.7 Å². The fourth-order valence-corrected chi connectivity index (χ4v) is 8.12. The maximum Gasteiger partial charge on any atom is 0.338 e. The van der Waals surface area contributed by atoms with Gasteiger partial charge in [-0.2, -0.15) is 0 Å². The Hall–Kier alpha value is -2.87. The van der Waals surface area contributed by atoms with Crippen molar-refractivity contribution in [2.24, 2.45) is 17.8 Å². The summed E-state index contributed by atoms with van der Waals surface area (Å²) >= 11 is 0. The maximum absolute atomic E-state index is 12.8. The number of hydrogen-bond acceptors (Lipinski definition) is 5. The number of rotatable bonds is 10. The van der Waals surface area contributed by atoms with Crippen LogP contribution in [0.2, 0.25) is 0 Å². The smallest absolute Gasteiger partial charge is 0.338 e. The quantitative estimate of drug-likeness (QED) is 0.318. The number of nitrogens with one attached hydrogen (secondary N) is 1. The summed E-state index contributed by atoms with van der Waals surface area (Å²) in [7, 11) is -3.68. The summed E-state index contributed by atoms with van der Waals surface area (Å²) in [6.45, 7) is 2.06. The second kappa shape index (κ2) is 10.7. The molecule has 0 spiro atoms. The molecule has 0 radical (unpaired) electrons. The molecule has 8 heteroatoms. The lowest BCUT2D eigenvalue weighted by atomic mass is 9.48. The monoisotopic (exact) mass is 538 g/mol. The lowest BCUT2D eigenvalue weighted by Gasteiger charge is -2.57. The first-order valence-electron chi connectivity index (χ1n) is 13.8. The zero-order valence-electron chi connectivity index (χ0n) is 22.3. The number of nitrogens with zero attached hydrogens (tertiary/aromatic N) is 1. The number of sulfonamides is 1. The Balaban J connectivity index is 1.24. The second-order valence-corrected chi connectivity index (χ2v) is 13.5. The highest BCUT2D eigenvalue weighted by molar-refractivity contribution is 7.92. The molecular formula is C30H38N2O5S. The van der Waals surface area contributed by atoms with Crippen LogP contribution in [0.1, 0.15) is 74.2 Å². The Morgan fingerprint density at radius 2 is 1.53 bits per heavy atom. The van der Waals surface area contributed by atoms with Gasteiger partial charge in [0.25, 0.3) is 0 Å². The van der Waals surface area contributed by atoms with Gasteiger partial charge in [0.1, 0.15) is 6.54 Å². The van der Waals surface area contributed by atoms with Crippen LogP contribution in [-0.2, 0) is 25.0 Å². The van der Waals surface area contributed by atoms with Crippen molar-refractivity contribution in [2.75, 3.05) is 29.0 Å². The molecule has 4 aliphatic carbocycles. The van der Waals surface area contributed by atoms with Gasteiger partial charge >= 0.3 is 5.97 Å². The van der Waals surface area contributed by atoms with E-state index >= 15 is 0 Å². The molecule has 0 aromatic heterocycles. The third-order valence-electron chi connectivity index (χ3n) is 8.63. The molecule has 2 aromatic carbocycles. The van der Waals surface area contributed by atoms with Crippen molar-refractivity contribution < 1.29 is 22.7 Å². The standard InChI is InChI=1S/C30H38N2O5S/c1-3-4-13-37-29(34)24-5-9-26(10-6-24)31-28(33)20-32(38(2,35)36)27-11-7-25(8-12-27)30-17-21-14-22(18-30)16-23(15-21)19-30/h5-12,21-23H,3-4,13-20H2,1-2H3,(H,31,33). The SMILES string of the molecule is CCCCOC(=O)c1ccc(NC(=O)CN(c2ccc(C34CC5CC(CC(C5)C3)C4)cc2)S(C)(=O)=O)cc1. The van der Waals surface area contributed by atoms with Crippen LogP contribution < -0.4 is 9.62 Å². The average Bonchev–Trinajstić information content (AvgIpc) is 2.86. The van der Waals surface area contributed by atoms with Crippen LogP contribution in [0, 0.1) is 17.8 Å². The van der Waals surface area contributed by atoms with E-state index in [-0.39, 0.29) is 12.0 Å². The molecule has 7 nitrogen and oxygen atoms in total. The van der Waals surface area contributed by atoms with Crippen molar-refractivity contribution in [1.82, 2.24) is 0 Å². The third-order valence-corrected chi connectivity index (χ3v) is 9.77. The average molecular weight is 539 g/mol. The fraction of sp³-hybridized carbons (Fsp3) is 0.533. The van der Waals surface area contributed by atoms with Gasteiger partial charge in [0.05, 0.1) is 24.1 Å². The molecule has 0 heterocycles. The topological polar surface area (TPSA) is 92.8 Å². The largest absolute Gasteiger partial charge is 0.462 e. The molecule has 0 unspecified atom stereocenters. The highest BCUT2D eigenvalue weighted by Crippen LogP contribution is 2.60. The van der Waals surface area contributed by atoms with E-state index in [4.69, 9.17) is 4.74 Å². The van der Waals surface area contributed by atoms with Crippen LogP contribution in [0.3, 0.4) is 0 Å². The minimum atomic E-state index is -3.68. The molecule has 38 heavy (non-hydrogen) atoms. The van der Waals surface area contributed by atoms with Gasteiger partial charge in [-0.1, -0.05) is 25.5 Å². The lowest BCUT2D eigenvalue weighted by molar-refractivity contribution is -0.114. The van der Waals surface area contributed by atoms with E-state index in [0.29, 0.717) is 23.5 Å². The summed E-state index contributed by atoms with van der Waals surface area (Å²) in [5, 5.41) is 2.74. The van der Waals surface area contributed by atoms with Gasteiger partial charge < -0.3 is 10.1 Å². The molecule has 6 rings (SSSR count). The third kappa shape index (κ3) is 5.75. The molecule has 4 fully saturated rings. The van der Waals surface area contributed by atoms with Gasteiger partial charge in [0.15, 0.2) is 0 Å². The first-order valence-corrected chi connectivity index (χ1v) is 15.7. The summed E-state index contributed by atoms with van der Waals surface area (Å²) < 4.78 is 31.6. The number of amides is 1. The molecule has 0 saturated heterocycles. The second-order valence-electron chi connectivity index (χ2n) is 11.6. The van der Waals surface area contributed by atoms with Crippen molar-refractivity contribution in [1.29, 1.82) is 0 Å². The number of carbonyl (C=O) groups excluding carboxylic acids is 2. The fourth-order valence-electron chi connectivity index (χ4n) is 7.26. The van der Waals surface area contributed by atoms with Crippen molar-refractivity contribution in [3.05, 3.63) is 59.7 Å². The van der Waals surface area contributed by atoms with Crippen molar-refractivity contribution >= 4 is 33.3 Å². The number of esters is 1. The predicted molar refractivity (Wildman–Crippen MR) is 149 cm³/mol. The van der Waals surface area contributed by atoms with Gasteiger partial charge in [-0.15, -0.1) is 0 Å². The Labute approximate surface area is 226 Å². The summed E-state index contributed by atoms with van der Waals surface area (Å²) in [5.74, 6) is 1.63. The van der Waals surface area contributed by atoms with Gasteiger partial charge in [0.2, 0.25) is 15.9 Å². The molecule has 4 bridgehead atoms. The molecule has 0 atom stereocenters. The minimum absolute atomic E-state index is 0.231. The molecule has 1 amide bonds. The van der Waals surface area contributed by atoms with Gasteiger partial charge in [-0.25, -0.2) is 13.2 Å². The van der Waals surface area contributed by atoms with Crippen LogP contribution in [0.15, 0.2) is 48.5 Å². The summed E-state index contributed by atoms with van der Waals surface area (Å²) in [5.41, 5.74) is 2.91. The number of carbonyl (C=O) groups is 2. The molecule has 1 N–H and O–H groups in total. The highest BCUT2D eigenvalue weighted by Gasteiger charge is 2.51. The Kier molecular flexibility index (Phi) is 7.54. The zero-order valence-corrected chi connectivity index (χ0v) is 23.1. The summed E-state index contributed by atoms with van der Waals surface area (Å²) in [4.78, 5) is 24.9. The van der Waals surface area contributed by atoms with Crippen molar-refractivity contribution in [3.8, 4) is 0 Å². The maximum atomic E-state index is 12.8. The number of ether oxygens (including phenoxy) is 1. The molecule has 2 aromatic rings. The van der Waals surface area contributed by atoms with E-state index in [1.54, 1.807) is 24.3 Å². The normalized spacial score (nSPS) is 25.7.